The van der Waals surface area contributed by atoms with Crippen LogP contribution in [0.5, 0.6) is 0 Å². The van der Waals surface area contributed by atoms with E-state index in [-0.39, 0.29) is 0 Å². The number of aryl methyl sites for hydroxylation is 1. The van der Waals surface area contributed by atoms with Crippen molar-refractivity contribution >= 4 is 27.9 Å². The van der Waals surface area contributed by atoms with Gasteiger partial charge in [-0.05, 0) is 31.2 Å². The normalized spacial score (nSPS) is 11.1. The monoisotopic (exact) mass is 243 g/mol. The zero-order valence-corrected chi connectivity index (χ0v) is 10.4. The van der Waals surface area contributed by atoms with Crippen LogP contribution in [-0.2, 0) is 6.54 Å². The second-order valence-electron chi connectivity index (χ2n) is 4.14. The number of anilines is 1. The molecule has 0 amide bonds. The van der Waals surface area contributed by atoms with Crippen LogP contribution in [0.3, 0.4) is 0 Å². The molecule has 0 unspecified atom stereocenters. The summed E-state index contributed by atoms with van der Waals surface area (Å²) in [6.07, 6.45) is 2.08. The Labute approximate surface area is 104 Å². The molecule has 3 rings (SSSR count). The van der Waals surface area contributed by atoms with Crippen molar-refractivity contribution in [2.24, 2.45) is 0 Å². The fourth-order valence-corrected chi connectivity index (χ4v) is 2.75. The topological polar surface area (TPSA) is 43.8 Å². The minimum absolute atomic E-state index is 0.806. The van der Waals surface area contributed by atoms with E-state index in [1.807, 2.05) is 19.1 Å². The number of thiazole rings is 1. The molecule has 17 heavy (non-hydrogen) atoms. The average molecular weight is 243 g/mol. The first kappa shape index (κ1) is 10.4. The molecule has 0 aliphatic carbocycles. The van der Waals surface area contributed by atoms with Crippen LogP contribution >= 0.6 is 11.3 Å². The minimum atomic E-state index is 0.806. The van der Waals surface area contributed by atoms with Crippen molar-refractivity contribution in [1.29, 1.82) is 0 Å². The maximum atomic E-state index is 5.77. The quantitative estimate of drug-likeness (QED) is 0.703. The lowest BCUT2D eigenvalue weighted by molar-refractivity contribution is 0.825. The van der Waals surface area contributed by atoms with Crippen LogP contribution < -0.4 is 5.73 Å². The van der Waals surface area contributed by atoms with E-state index in [0.717, 1.165) is 22.9 Å². The Morgan fingerprint density at radius 2 is 2.24 bits per heavy atom. The van der Waals surface area contributed by atoms with Crippen molar-refractivity contribution in [3.63, 3.8) is 0 Å². The molecule has 0 fully saturated rings. The van der Waals surface area contributed by atoms with Gasteiger partial charge in [0.25, 0.3) is 0 Å². The molecule has 0 saturated heterocycles. The summed E-state index contributed by atoms with van der Waals surface area (Å²) in [5.74, 6) is 0. The molecule has 0 atom stereocenters. The fraction of sp³-hybridized carbons (Fsp3) is 0.154. The zero-order chi connectivity index (χ0) is 11.8. The molecule has 0 aliphatic rings. The summed E-state index contributed by atoms with van der Waals surface area (Å²) in [7, 11) is 0. The second-order valence-corrected chi connectivity index (χ2v) is 5.09. The number of rotatable bonds is 2. The Bertz CT molecular complexity index is 666. The Morgan fingerprint density at radius 1 is 1.35 bits per heavy atom. The van der Waals surface area contributed by atoms with Crippen LogP contribution in [0.25, 0.3) is 10.9 Å². The van der Waals surface area contributed by atoms with Gasteiger partial charge in [-0.15, -0.1) is 11.3 Å². The van der Waals surface area contributed by atoms with Crippen LogP contribution in [0, 0.1) is 6.92 Å². The van der Waals surface area contributed by atoms with E-state index in [0.29, 0.717) is 0 Å². The minimum Gasteiger partial charge on any atom is -0.399 e. The maximum absolute atomic E-state index is 5.77. The maximum Gasteiger partial charge on any atom is 0.113 e. The molecular weight excluding hydrogens is 230 g/mol. The van der Waals surface area contributed by atoms with Gasteiger partial charge in [-0.2, -0.15) is 0 Å². The second kappa shape index (κ2) is 3.89. The number of nitrogen functional groups attached to an aromatic ring is 1. The summed E-state index contributed by atoms with van der Waals surface area (Å²) >= 11 is 1.70. The summed E-state index contributed by atoms with van der Waals surface area (Å²) in [5, 5.41) is 4.40. The Morgan fingerprint density at radius 3 is 3.00 bits per heavy atom. The Balaban J connectivity index is 2.00. The van der Waals surface area contributed by atoms with E-state index < -0.39 is 0 Å². The highest BCUT2D eigenvalue weighted by molar-refractivity contribution is 7.09. The van der Waals surface area contributed by atoms with Crippen molar-refractivity contribution in [1.82, 2.24) is 9.55 Å². The molecule has 2 heterocycles. The van der Waals surface area contributed by atoms with Crippen LogP contribution in [0.1, 0.15) is 10.7 Å². The number of hydrogen-bond donors (Lipinski definition) is 1. The van der Waals surface area contributed by atoms with Gasteiger partial charge >= 0.3 is 0 Å². The van der Waals surface area contributed by atoms with Crippen molar-refractivity contribution in [2.75, 3.05) is 5.73 Å². The first-order valence-corrected chi connectivity index (χ1v) is 6.36. The number of nitrogens with two attached hydrogens (primary N) is 1. The molecule has 0 saturated carbocycles. The third-order valence-corrected chi connectivity index (χ3v) is 3.72. The van der Waals surface area contributed by atoms with Crippen LogP contribution in [0.15, 0.2) is 35.8 Å². The van der Waals surface area contributed by atoms with Gasteiger partial charge in [-0.3, -0.25) is 0 Å². The summed E-state index contributed by atoms with van der Waals surface area (Å²) < 4.78 is 2.20. The van der Waals surface area contributed by atoms with E-state index in [9.17, 15) is 0 Å². The van der Waals surface area contributed by atoms with Crippen molar-refractivity contribution < 1.29 is 0 Å². The molecule has 2 aromatic heterocycles. The highest BCUT2D eigenvalue weighted by Crippen LogP contribution is 2.20. The first-order valence-electron chi connectivity index (χ1n) is 5.48. The summed E-state index contributed by atoms with van der Waals surface area (Å²) in [6.45, 7) is 2.85. The fourth-order valence-electron chi connectivity index (χ4n) is 1.98. The molecule has 2 N–H and O–H groups in total. The number of benzene rings is 1. The zero-order valence-electron chi connectivity index (χ0n) is 9.55. The van der Waals surface area contributed by atoms with Gasteiger partial charge < -0.3 is 10.3 Å². The van der Waals surface area contributed by atoms with Gasteiger partial charge in [0.15, 0.2) is 0 Å². The lowest BCUT2D eigenvalue weighted by atomic mass is 10.2. The largest absolute Gasteiger partial charge is 0.399 e. The van der Waals surface area contributed by atoms with Crippen molar-refractivity contribution in [2.45, 2.75) is 13.5 Å². The van der Waals surface area contributed by atoms with Crippen LogP contribution in [0.2, 0.25) is 0 Å². The highest BCUT2D eigenvalue weighted by Gasteiger charge is 2.04. The highest BCUT2D eigenvalue weighted by atomic mass is 32.1. The van der Waals surface area contributed by atoms with Crippen molar-refractivity contribution in [3.8, 4) is 0 Å². The number of nitrogens with zero attached hydrogens (tertiary/aromatic N) is 2. The van der Waals surface area contributed by atoms with Gasteiger partial charge in [0.05, 0.1) is 6.54 Å². The van der Waals surface area contributed by atoms with E-state index >= 15 is 0 Å². The van der Waals surface area contributed by atoms with E-state index in [4.69, 9.17) is 5.73 Å². The summed E-state index contributed by atoms with van der Waals surface area (Å²) in [5.41, 5.74) is 8.86. The molecule has 86 valence electrons. The standard InChI is InChI=1S/C13H13N3S/c1-9-8-17-13(15-9)7-16-5-4-10-6-11(14)2-3-12(10)16/h2-6,8H,7,14H2,1H3. The van der Waals surface area contributed by atoms with E-state index in [1.54, 1.807) is 11.3 Å². The van der Waals surface area contributed by atoms with Gasteiger partial charge in [0, 0.05) is 33.9 Å². The van der Waals surface area contributed by atoms with Crippen LogP contribution in [0.4, 0.5) is 5.69 Å². The van der Waals surface area contributed by atoms with Gasteiger partial charge in [-0.25, -0.2) is 4.98 Å². The number of hydrogen-bond acceptors (Lipinski definition) is 3. The first-order chi connectivity index (χ1) is 8.22. The lowest BCUT2D eigenvalue weighted by Crippen LogP contribution is -1.97. The number of fused-ring (bicyclic) bond motifs is 1. The Kier molecular flexibility index (Phi) is 2.37. The smallest absolute Gasteiger partial charge is 0.113 e. The third-order valence-electron chi connectivity index (χ3n) is 2.77. The van der Waals surface area contributed by atoms with E-state index in [1.165, 1.54) is 10.9 Å². The van der Waals surface area contributed by atoms with Gasteiger partial charge in [0.1, 0.15) is 5.01 Å². The van der Waals surface area contributed by atoms with Gasteiger partial charge in [-0.1, -0.05) is 0 Å². The molecule has 0 radical (unpaired) electrons. The predicted octanol–water partition coefficient (Wildman–Crippen LogP) is 3.04. The van der Waals surface area contributed by atoms with Crippen molar-refractivity contribution in [3.05, 3.63) is 46.5 Å². The average Bonchev–Trinajstić information content (AvgIpc) is 2.86. The molecule has 0 spiro atoms. The molecule has 0 bridgehead atoms. The molecular formula is C13H13N3S. The molecule has 0 aliphatic heterocycles. The van der Waals surface area contributed by atoms with E-state index in [2.05, 4.69) is 33.3 Å². The summed E-state index contributed by atoms with van der Waals surface area (Å²) in [4.78, 5) is 4.48. The third kappa shape index (κ3) is 1.91. The van der Waals surface area contributed by atoms with Crippen LogP contribution in [-0.4, -0.2) is 9.55 Å². The molecule has 1 aromatic carbocycles. The molecule has 3 nitrogen and oxygen atoms in total. The molecule has 3 aromatic rings. The SMILES string of the molecule is Cc1csc(Cn2ccc3cc(N)ccc32)n1. The lowest BCUT2D eigenvalue weighted by Gasteiger charge is -2.02. The molecule has 4 heteroatoms. The van der Waals surface area contributed by atoms with Gasteiger partial charge in [0.2, 0.25) is 0 Å². The number of aromatic nitrogens is 2. The predicted molar refractivity (Wildman–Crippen MR) is 72.3 cm³/mol. The Hall–Kier alpha value is -1.81. The summed E-state index contributed by atoms with van der Waals surface area (Å²) in [6, 6.07) is 8.09.